The molecule has 0 amide bonds. The third-order valence-corrected chi connectivity index (χ3v) is 0.406. The summed E-state index contributed by atoms with van der Waals surface area (Å²) in [5.41, 5.74) is 0. The molecule has 0 saturated heterocycles. The summed E-state index contributed by atoms with van der Waals surface area (Å²) < 4.78 is 0. The van der Waals surface area contributed by atoms with E-state index in [0.29, 0.717) is 0 Å². The number of thiol groups is 2. The molecule has 7 heavy (non-hydrogen) atoms. The molecule has 0 unspecified atom stereocenters. The number of carbonyl (C=O) groups is 1. The lowest BCUT2D eigenvalue weighted by Crippen LogP contribution is -1.92. The fourth-order valence-corrected chi connectivity index (χ4v) is 0. The van der Waals surface area contributed by atoms with Gasteiger partial charge in [-0.25, -0.2) is 0 Å². The molecule has 0 saturated carbocycles. The smallest absolute Gasteiger partial charge is 0.313 e. The number of hydrogen-bond donors (Lipinski definition) is 3. The maximum atomic E-state index is 9.29. The summed E-state index contributed by atoms with van der Waals surface area (Å²) in [6.07, 6.45) is 1.69. The maximum absolute atomic E-state index is 9.29. The van der Waals surface area contributed by atoms with E-state index in [0.717, 1.165) is 0 Å². The fraction of sp³-hybridized carbons (Fsp3) is 0.667. The predicted molar refractivity (Wildman–Crippen MR) is 36.4 cm³/mol. The zero-order valence-corrected chi connectivity index (χ0v) is 5.75. The van der Waals surface area contributed by atoms with Crippen LogP contribution in [0.3, 0.4) is 0 Å². The molecule has 0 fully saturated rings. The number of rotatable bonds is 1. The SMILES string of the molecule is CS.O=C(O)CS. The molecule has 2 nitrogen and oxygen atoms in total. The van der Waals surface area contributed by atoms with Crippen molar-refractivity contribution in [2.45, 2.75) is 0 Å². The van der Waals surface area contributed by atoms with Crippen molar-refractivity contribution >= 4 is 31.2 Å². The van der Waals surface area contributed by atoms with Crippen LogP contribution in [-0.4, -0.2) is 23.1 Å². The van der Waals surface area contributed by atoms with E-state index < -0.39 is 5.97 Å². The Bertz CT molecular complexity index is 46.2. The van der Waals surface area contributed by atoms with Gasteiger partial charge in [-0.2, -0.15) is 25.3 Å². The summed E-state index contributed by atoms with van der Waals surface area (Å²) in [6.45, 7) is 0. The third kappa shape index (κ3) is 22.8. The molecule has 0 heterocycles. The van der Waals surface area contributed by atoms with Crippen molar-refractivity contribution in [3.63, 3.8) is 0 Å². The van der Waals surface area contributed by atoms with Gasteiger partial charge in [0.15, 0.2) is 0 Å². The molecule has 0 radical (unpaired) electrons. The fourth-order valence-electron chi connectivity index (χ4n) is 0. The first-order chi connectivity index (χ1) is 3.27. The van der Waals surface area contributed by atoms with Crippen LogP contribution in [0.2, 0.25) is 0 Å². The van der Waals surface area contributed by atoms with Crippen LogP contribution in [0.15, 0.2) is 0 Å². The van der Waals surface area contributed by atoms with Crippen molar-refractivity contribution in [2.75, 3.05) is 12.0 Å². The Morgan fingerprint density at radius 1 is 1.71 bits per heavy atom. The normalized spacial score (nSPS) is 6.14. The second kappa shape index (κ2) is 9.48. The number of aliphatic carboxylic acids is 1. The minimum Gasteiger partial charge on any atom is -0.481 e. The number of carboxylic acid groups (broad SMARTS) is 1. The van der Waals surface area contributed by atoms with E-state index in [1.54, 1.807) is 6.26 Å². The molecule has 0 aliphatic heterocycles. The summed E-state index contributed by atoms with van der Waals surface area (Å²) >= 11 is 6.94. The predicted octanol–water partition coefficient (Wildman–Crippen LogP) is 0.547. The van der Waals surface area contributed by atoms with Crippen LogP contribution in [-0.2, 0) is 4.79 Å². The first kappa shape index (κ1) is 10.2. The van der Waals surface area contributed by atoms with Gasteiger partial charge in [-0.3, -0.25) is 4.79 Å². The van der Waals surface area contributed by atoms with Gasteiger partial charge in [-0.15, -0.1) is 0 Å². The van der Waals surface area contributed by atoms with Crippen LogP contribution in [0.5, 0.6) is 0 Å². The highest BCUT2D eigenvalue weighted by Gasteiger charge is 1.81. The lowest BCUT2D eigenvalue weighted by atomic mass is 10.8. The number of hydrogen-bond acceptors (Lipinski definition) is 3. The highest BCUT2D eigenvalue weighted by Crippen LogP contribution is 1.66. The lowest BCUT2D eigenvalue weighted by molar-refractivity contribution is -0.133. The van der Waals surface area contributed by atoms with E-state index in [2.05, 4.69) is 25.3 Å². The lowest BCUT2D eigenvalue weighted by Gasteiger charge is -1.71. The van der Waals surface area contributed by atoms with Crippen molar-refractivity contribution < 1.29 is 9.90 Å². The quantitative estimate of drug-likeness (QED) is 0.465. The molecule has 0 atom stereocenters. The summed E-state index contributed by atoms with van der Waals surface area (Å²) in [6, 6.07) is 0. The van der Waals surface area contributed by atoms with Gasteiger partial charge in [-0.1, -0.05) is 0 Å². The van der Waals surface area contributed by atoms with E-state index in [4.69, 9.17) is 5.11 Å². The van der Waals surface area contributed by atoms with E-state index in [-0.39, 0.29) is 5.75 Å². The zero-order chi connectivity index (χ0) is 6.28. The van der Waals surface area contributed by atoms with Gasteiger partial charge in [0.05, 0.1) is 5.75 Å². The Labute approximate surface area is 53.7 Å². The first-order valence-electron chi connectivity index (χ1n) is 1.54. The summed E-state index contributed by atoms with van der Waals surface area (Å²) in [5.74, 6) is -0.965. The van der Waals surface area contributed by atoms with Crippen LogP contribution < -0.4 is 0 Å². The molecule has 0 aromatic heterocycles. The summed E-state index contributed by atoms with van der Waals surface area (Å²) in [4.78, 5) is 9.29. The molecule has 0 aliphatic rings. The zero-order valence-electron chi connectivity index (χ0n) is 3.96. The molecule has 4 heteroatoms. The monoisotopic (exact) mass is 140 g/mol. The largest absolute Gasteiger partial charge is 0.481 e. The standard InChI is InChI=1S/C2H4O2S.CH4S/c3-2(4)1-5;1-2/h5H,1H2,(H,3,4);2H,1H3. The third-order valence-electron chi connectivity index (χ3n) is 0.135. The highest BCUT2D eigenvalue weighted by molar-refractivity contribution is 7.81. The molecule has 0 rings (SSSR count). The number of carboxylic acids is 1. The first-order valence-corrected chi connectivity index (χ1v) is 3.07. The average molecular weight is 140 g/mol. The summed E-state index contributed by atoms with van der Waals surface area (Å²) in [7, 11) is 0. The molecule has 0 spiro atoms. The molecular weight excluding hydrogens is 132 g/mol. The molecular formula is C3H8O2S2. The van der Waals surface area contributed by atoms with Crippen LogP contribution in [0.1, 0.15) is 0 Å². The van der Waals surface area contributed by atoms with Gasteiger partial charge < -0.3 is 5.11 Å². The highest BCUT2D eigenvalue weighted by atomic mass is 32.1. The van der Waals surface area contributed by atoms with Crippen molar-refractivity contribution in [3.05, 3.63) is 0 Å². The molecule has 0 bridgehead atoms. The molecule has 0 aromatic rings. The van der Waals surface area contributed by atoms with E-state index >= 15 is 0 Å². The second-order valence-electron chi connectivity index (χ2n) is 0.552. The maximum Gasteiger partial charge on any atom is 0.313 e. The Kier molecular flexibility index (Phi) is 13.8. The van der Waals surface area contributed by atoms with E-state index in [9.17, 15) is 4.79 Å². The van der Waals surface area contributed by atoms with Crippen molar-refractivity contribution in [3.8, 4) is 0 Å². The second-order valence-corrected chi connectivity index (χ2v) is 0.868. The Hall–Kier alpha value is 0.170. The minimum absolute atomic E-state index is 0.0833. The topological polar surface area (TPSA) is 37.3 Å². The van der Waals surface area contributed by atoms with Gasteiger partial charge in [-0.05, 0) is 6.26 Å². The van der Waals surface area contributed by atoms with Crippen molar-refractivity contribution in [1.82, 2.24) is 0 Å². The van der Waals surface area contributed by atoms with Gasteiger partial charge >= 0.3 is 5.97 Å². The van der Waals surface area contributed by atoms with Crippen LogP contribution in [0.4, 0.5) is 0 Å². The average Bonchev–Trinajstić information content (AvgIpc) is 1.73. The summed E-state index contributed by atoms with van der Waals surface area (Å²) in [5, 5.41) is 7.65. The molecule has 0 aromatic carbocycles. The van der Waals surface area contributed by atoms with Gasteiger partial charge in [0.25, 0.3) is 0 Å². The Morgan fingerprint density at radius 3 is 1.86 bits per heavy atom. The van der Waals surface area contributed by atoms with Crippen LogP contribution >= 0.6 is 25.3 Å². The molecule has 1 N–H and O–H groups in total. The van der Waals surface area contributed by atoms with Gasteiger partial charge in [0.1, 0.15) is 0 Å². The Morgan fingerprint density at radius 2 is 1.86 bits per heavy atom. The van der Waals surface area contributed by atoms with Gasteiger partial charge in [0, 0.05) is 0 Å². The van der Waals surface area contributed by atoms with E-state index in [1.165, 1.54) is 0 Å². The van der Waals surface area contributed by atoms with E-state index in [1.807, 2.05) is 0 Å². The molecule has 44 valence electrons. The van der Waals surface area contributed by atoms with Crippen molar-refractivity contribution in [2.24, 2.45) is 0 Å². The minimum atomic E-state index is -0.881. The van der Waals surface area contributed by atoms with Crippen LogP contribution in [0, 0.1) is 0 Å². The van der Waals surface area contributed by atoms with Crippen LogP contribution in [0.25, 0.3) is 0 Å². The Balaban J connectivity index is 0. The van der Waals surface area contributed by atoms with Gasteiger partial charge in [0.2, 0.25) is 0 Å². The molecule has 0 aliphatic carbocycles. The van der Waals surface area contributed by atoms with Crippen molar-refractivity contribution in [1.29, 1.82) is 0 Å².